The van der Waals surface area contributed by atoms with E-state index < -0.39 is 0 Å². The summed E-state index contributed by atoms with van der Waals surface area (Å²) >= 11 is 1.66. The third kappa shape index (κ3) is 2.35. The van der Waals surface area contributed by atoms with Gasteiger partial charge in [0.1, 0.15) is 25.4 Å². The molecule has 1 aliphatic rings. The van der Waals surface area contributed by atoms with Crippen LogP contribution in [0.5, 0.6) is 11.5 Å². The number of hydrogen-bond acceptors (Lipinski definition) is 6. The zero-order valence-electron chi connectivity index (χ0n) is 12.2. The Labute approximate surface area is 132 Å². The number of hydrogen-bond donors (Lipinski definition) is 0. The Bertz CT molecular complexity index is 818. The summed E-state index contributed by atoms with van der Waals surface area (Å²) in [7, 11) is 2.04. The molecule has 3 aromatic rings. The van der Waals surface area contributed by atoms with Crippen LogP contribution in [-0.4, -0.2) is 30.2 Å². The second kappa shape index (κ2) is 5.46. The third-order valence-electron chi connectivity index (χ3n) is 3.61. The highest BCUT2D eigenvalue weighted by Gasteiger charge is 2.14. The van der Waals surface area contributed by atoms with Gasteiger partial charge in [-0.1, -0.05) is 6.07 Å². The molecule has 0 aliphatic carbocycles. The monoisotopic (exact) mass is 313 g/mol. The van der Waals surface area contributed by atoms with E-state index in [2.05, 4.69) is 20.9 Å². The molecule has 22 heavy (non-hydrogen) atoms. The number of rotatable bonds is 3. The summed E-state index contributed by atoms with van der Waals surface area (Å²) in [5.41, 5.74) is 2.15. The van der Waals surface area contributed by atoms with Gasteiger partial charge in [-0.15, -0.1) is 11.3 Å². The van der Waals surface area contributed by atoms with Crippen LogP contribution >= 0.6 is 11.3 Å². The van der Waals surface area contributed by atoms with Gasteiger partial charge in [0.05, 0.1) is 10.2 Å². The van der Waals surface area contributed by atoms with E-state index in [1.807, 2.05) is 30.6 Å². The van der Waals surface area contributed by atoms with E-state index in [1.54, 1.807) is 17.7 Å². The molecule has 1 aromatic carbocycles. The predicted octanol–water partition coefficient (Wildman–Crippen LogP) is 3.10. The fourth-order valence-corrected chi connectivity index (χ4v) is 3.47. The Balaban J connectivity index is 1.61. The SMILES string of the molecule is CN(Cc1ccc2c(c1)OCCO2)c1ncnc2ccsc12. The number of aromatic nitrogens is 2. The van der Waals surface area contributed by atoms with Crippen LogP contribution in [0.2, 0.25) is 0 Å². The van der Waals surface area contributed by atoms with Gasteiger partial charge in [0.2, 0.25) is 0 Å². The lowest BCUT2D eigenvalue weighted by Gasteiger charge is -2.21. The zero-order valence-corrected chi connectivity index (χ0v) is 13.0. The fourth-order valence-electron chi connectivity index (χ4n) is 2.58. The molecule has 0 fully saturated rings. The van der Waals surface area contributed by atoms with Crippen molar-refractivity contribution in [3.63, 3.8) is 0 Å². The highest BCUT2D eigenvalue weighted by Crippen LogP contribution is 2.32. The molecule has 0 radical (unpaired) electrons. The number of anilines is 1. The first-order valence-corrected chi connectivity index (χ1v) is 7.97. The van der Waals surface area contributed by atoms with Crippen LogP contribution < -0.4 is 14.4 Å². The first kappa shape index (κ1) is 13.3. The maximum absolute atomic E-state index is 5.64. The van der Waals surface area contributed by atoms with Crippen molar-refractivity contribution in [2.24, 2.45) is 0 Å². The predicted molar refractivity (Wildman–Crippen MR) is 87.0 cm³/mol. The van der Waals surface area contributed by atoms with Crippen molar-refractivity contribution in [2.45, 2.75) is 6.54 Å². The molecule has 4 rings (SSSR count). The van der Waals surface area contributed by atoms with Crippen LogP contribution in [0.4, 0.5) is 5.82 Å². The van der Waals surface area contributed by atoms with Gasteiger partial charge < -0.3 is 14.4 Å². The Morgan fingerprint density at radius 1 is 1.14 bits per heavy atom. The lowest BCUT2D eigenvalue weighted by molar-refractivity contribution is 0.171. The van der Waals surface area contributed by atoms with Crippen LogP contribution in [0.1, 0.15) is 5.56 Å². The van der Waals surface area contributed by atoms with Gasteiger partial charge in [-0.25, -0.2) is 9.97 Å². The third-order valence-corrected chi connectivity index (χ3v) is 4.51. The maximum atomic E-state index is 5.64. The van der Waals surface area contributed by atoms with Crippen molar-refractivity contribution in [3.05, 3.63) is 41.5 Å². The summed E-state index contributed by atoms with van der Waals surface area (Å²) in [6.07, 6.45) is 1.62. The summed E-state index contributed by atoms with van der Waals surface area (Å²) < 4.78 is 12.3. The molecule has 2 aromatic heterocycles. The quantitative estimate of drug-likeness (QED) is 0.743. The Morgan fingerprint density at radius 2 is 2.00 bits per heavy atom. The number of nitrogens with zero attached hydrogens (tertiary/aromatic N) is 3. The minimum atomic E-state index is 0.605. The molecule has 3 heterocycles. The van der Waals surface area contributed by atoms with E-state index in [-0.39, 0.29) is 0 Å². The fraction of sp³-hybridized carbons (Fsp3) is 0.250. The molecular formula is C16H15N3O2S. The van der Waals surface area contributed by atoms with Gasteiger partial charge in [0.15, 0.2) is 11.5 Å². The molecule has 0 amide bonds. The van der Waals surface area contributed by atoms with E-state index in [9.17, 15) is 0 Å². The molecule has 5 nitrogen and oxygen atoms in total. The maximum Gasteiger partial charge on any atom is 0.161 e. The second-order valence-electron chi connectivity index (χ2n) is 5.17. The number of fused-ring (bicyclic) bond motifs is 2. The molecule has 1 aliphatic heterocycles. The smallest absolute Gasteiger partial charge is 0.161 e. The van der Waals surface area contributed by atoms with E-state index >= 15 is 0 Å². The molecule has 0 saturated heterocycles. The first-order chi connectivity index (χ1) is 10.8. The molecule has 0 N–H and O–H groups in total. The molecule has 0 spiro atoms. The van der Waals surface area contributed by atoms with Crippen molar-refractivity contribution in [1.82, 2.24) is 9.97 Å². The first-order valence-electron chi connectivity index (χ1n) is 7.09. The number of ether oxygens (including phenoxy) is 2. The topological polar surface area (TPSA) is 47.5 Å². The average Bonchev–Trinajstić information content (AvgIpc) is 3.03. The summed E-state index contributed by atoms with van der Waals surface area (Å²) in [5.74, 6) is 2.59. The van der Waals surface area contributed by atoms with Crippen molar-refractivity contribution < 1.29 is 9.47 Å². The zero-order chi connectivity index (χ0) is 14.9. The van der Waals surface area contributed by atoms with Crippen molar-refractivity contribution in [3.8, 4) is 11.5 Å². The summed E-state index contributed by atoms with van der Waals surface area (Å²) in [4.78, 5) is 10.8. The van der Waals surface area contributed by atoms with Crippen molar-refractivity contribution in [1.29, 1.82) is 0 Å². The van der Waals surface area contributed by atoms with Crippen LogP contribution in [0.3, 0.4) is 0 Å². The van der Waals surface area contributed by atoms with E-state index in [0.717, 1.165) is 39.6 Å². The van der Waals surface area contributed by atoms with E-state index in [4.69, 9.17) is 9.47 Å². The minimum absolute atomic E-state index is 0.605. The molecule has 0 unspecified atom stereocenters. The molecule has 0 atom stereocenters. The minimum Gasteiger partial charge on any atom is -0.486 e. The molecule has 0 saturated carbocycles. The van der Waals surface area contributed by atoms with Gasteiger partial charge in [-0.05, 0) is 29.1 Å². The van der Waals surface area contributed by atoms with Gasteiger partial charge in [-0.3, -0.25) is 0 Å². The van der Waals surface area contributed by atoms with Gasteiger partial charge in [0, 0.05) is 13.6 Å². The van der Waals surface area contributed by atoms with Gasteiger partial charge >= 0.3 is 0 Å². The van der Waals surface area contributed by atoms with Crippen LogP contribution in [0.15, 0.2) is 36.0 Å². The van der Waals surface area contributed by atoms with Crippen LogP contribution in [0.25, 0.3) is 10.2 Å². The van der Waals surface area contributed by atoms with Crippen molar-refractivity contribution in [2.75, 3.05) is 25.2 Å². The second-order valence-corrected chi connectivity index (χ2v) is 6.08. The summed E-state index contributed by atoms with van der Waals surface area (Å²) in [6.45, 7) is 1.97. The van der Waals surface area contributed by atoms with Crippen molar-refractivity contribution >= 4 is 27.4 Å². The summed E-state index contributed by atoms with van der Waals surface area (Å²) in [6, 6.07) is 8.09. The van der Waals surface area contributed by atoms with Crippen LogP contribution in [-0.2, 0) is 6.54 Å². The highest BCUT2D eigenvalue weighted by molar-refractivity contribution is 7.17. The molecule has 6 heteroatoms. The Kier molecular flexibility index (Phi) is 3.31. The van der Waals surface area contributed by atoms with E-state index in [1.165, 1.54) is 0 Å². The Morgan fingerprint density at radius 3 is 2.91 bits per heavy atom. The highest BCUT2D eigenvalue weighted by atomic mass is 32.1. The van der Waals surface area contributed by atoms with Gasteiger partial charge in [-0.2, -0.15) is 0 Å². The van der Waals surface area contributed by atoms with Crippen LogP contribution in [0, 0.1) is 0 Å². The largest absolute Gasteiger partial charge is 0.486 e. The lowest BCUT2D eigenvalue weighted by Crippen LogP contribution is -2.19. The Hall–Kier alpha value is -2.34. The standard InChI is InChI=1S/C16H15N3O2S/c1-19(16-15-12(4-7-22-15)17-10-18-16)9-11-2-3-13-14(8-11)21-6-5-20-13/h2-4,7-8,10H,5-6,9H2,1H3. The normalized spacial score (nSPS) is 13.3. The summed E-state index contributed by atoms with van der Waals surface area (Å²) in [5, 5.41) is 2.04. The molecular weight excluding hydrogens is 298 g/mol. The molecule has 0 bridgehead atoms. The average molecular weight is 313 g/mol. The number of thiophene rings is 1. The molecule has 112 valence electrons. The lowest BCUT2D eigenvalue weighted by atomic mass is 10.2. The van der Waals surface area contributed by atoms with Gasteiger partial charge in [0.25, 0.3) is 0 Å². The van der Waals surface area contributed by atoms with E-state index in [0.29, 0.717) is 13.2 Å². The number of benzene rings is 1.